The third-order valence-electron chi connectivity index (χ3n) is 3.35. The van der Waals surface area contributed by atoms with Crippen LogP contribution in [0.25, 0.3) is 0 Å². The summed E-state index contributed by atoms with van der Waals surface area (Å²) in [6.45, 7) is 4.68. The molecule has 1 N–H and O–H groups in total. The van der Waals surface area contributed by atoms with Gasteiger partial charge in [-0.2, -0.15) is 0 Å². The van der Waals surface area contributed by atoms with Gasteiger partial charge in [-0.15, -0.1) is 0 Å². The summed E-state index contributed by atoms with van der Waals surface area (Å²) in [5, 5.41) is 2.98. The molecule has 0 heterocycles. The molecule has 19 heavy (non-hydrogen) atoms. The Labute approximate surface area is 114 Å². The standard InChI is InChI=1S/C17H19NO/c1-13-7-3-5-9-15(13)11-17(19)18-12-16-10-6-4-8-14(16)2/h3-10H,11-12H2,1-2H3,(H,18,19). The minimum absolute atomic E-state index is 0.0672. The van der Waals surface area contributed by atoms with Crippen LogP contribution in [0, 0.1) is 13.8 Å². The molecular weight excluding hydrogens is 234 g/mol. The van der Waals surface area contributed by atoms with Gasteiger partial charge in [0, 0.05) is 6.54 Å². The first-order chi connectivity index (χ1) is 9.16. The number of nitrogens with one attached hydrogen (secondary N) is 1. The van der Waals surface area contributed by atoms with Crippen LogP contribution in [0.15, 0.2) is 48.5 Å². The maximum absolute atomic E-state index is 11.9. The summed E-state index contributed by atoms with van der Waals surface area (Å²) in [4.78, 5) is 11.9. The molecule has 0 aliphatic heterocycles. The van der Waals surface area contributed by atoms with Crippen molar-refractivity contribution in [3.05, 3.63) is 70.8 Å². The van der Waals surface area contributed by atoms with E-state index in [2.05, 4.69) is 18.3 Å². The number of aryl methyl sites for hydroxylation is 2. The Hall–Kier alpha value is -2.09. The van der Waals surface area contributed by atoms with Crippen molar-refractivity contribution in [2.24, 2.45) is 0 Å². The molecule has 2 aromatic rings. The lowest BCUT2D eigenvalue weighted by Crippen LogP contribution is -2.25. The van der Waals surface area contributed by atoms with Crippen LogP contribution in [-0.4, -0.2) is 5.91 Å². The molecule has 0 aromatic heterocycles. The van der Waals surface area contributed by atoms with Crippen molar-refractivity contribution in [3.63, 3.8) is 0 Å². The van der Waals surface area contributed by atoms with E-state index < -0.39 is 0 Å². The van der Waals surface area contributed by atoms with Crippen LogP contribution in [0.2, 0.25) is 0 Å². The number of carbonyl (C=O) groups is 1. The van der Waals surface area contributed by atoms with Gasteiger partial charge in [-0.05, 0) is 36.1 Å². The monoisotopic (exact) mass is 253 g/mol. The fourth-order valence-electron chi connectivity index (χ4n) is 2.05. The predicted molar refractivity (Wildman–Crippen MR) is 77.9 cm³/mol. The number of rotatable bonds is 4. The van der Waals surface area contributed by atoms with Gasteiger partial charge in [-0.25, -0.2) is 0 Å². The molecule has 0 spiro atoms. The quantitative estimate of drug-likeness (QED) is 0.891. The van der Waals surface area contributed by atoms with E-state index in [1.807, 2.05) is 49.4 Å². The van der Waals surface area contributed by atoms with Crippen molar-refractivity contribution in [2.75, 3.05) is 0 Å². The molecular formula is C17H19NO. The predicted octanol–water partition coefficient (Wildman–Crippen LogP) is 3.16. The highest BCUT2D eigenvalue weighted by atomic mass is 16.1. The number of amides is 1. The van der Waals surface area contributed by atoms with Gasteiger partial charge in [0.1, 0.15) is 0 Å². The van der Waals surface area contributed by atoms with Crippen LogP contribution >= 0.6 is 0 Å². The number of carbonyl (C=O) groups excluding carboxylic acids is 1. The fraction of sp³-hybridized carbons (Fsp3) is 0.235. The molecule has 1 amide bonds. The molecule has 2 aromatic carbocycles. The Morgan fingerprint density at radius 1 is 0.895 bits per heavy atom. The molecule has 0 aliphatic rings. The molecule has 0 saturated carbocycles. The highest BCUT2D eigenvalue weighted by Gasteiger charge is 2.05. The molecule has 2 rings (SSSR count). The van der Waals surface area contributed by atoms with Gasteiger partial charge in [0.15, 0.2) is 0 Å². The zero-order valence-electron chi connectivity index (χ0n) is 11.4. The second-order valence-electron chi connectivity index (χ2n) is 4.81. The van der Waals surface area contributed by atoms with Crippen molar-refractivity contribution in [3.8, 4) is 0 Å². The lowest BCUT2D eigenvalue weighted by molar-refractivity contribution is -0.120. The minimum atomic E-state index is 0.0672. The van der Waals surface area contributed by atoms with Crippen LogP contribution < -0.4 is 5.32 Å². The highest BCUT2D eigenvalue weighted by molar-refractivity contribution is 5.78. The van der Waals surface area contributed by atoms with E-state index in [0.717, 1.165) is 11.1 Å². The normalized spacial score (nSPS) is 10.2. The second-order valence-corrected chi connectivity index (χ2v) is 4.81. The van der Waals surface area contributed by atoms with Gasteiger partial charge in [0.25, 0.3) is 0 Å². The van der Waals surface area contributed by atoms with Crippen LogP contribution in [0.4, 0.5) is 0 Å². The van der Waals surface area contributed by atoms with E-state index in [1.165, 1.54) is 11.1 Å². The topological polar surface area (TPSA) is 29.1 Å². The van der Waals surface area contributed by atoms with E-state index >= 15 is 0 Å². The average Bonchev–Trinajstić information content (AvgIpc) is 2.40. The molecule has 0 radical (unpaired) electrons. The van der Waals surface area contributed by atoms with Crippen molar-refractivity contribution in [2.45, 2.75) is 26.8 Å². The lowest BCUT2D eigenvalue weighted by Gasteiger charge is -2.09. The number of hydrogen-bond acceptors (Lipinski definition) is 1. The Morgan fingerprint density at radius 2 is 1.42 bits per heavy atom. The van der Waals surface area contributed by atoms with Gasteiger partial charge in [-0.1, -0.05) is 48.5 Å². The summed E-state index contributed by atoms with van der Waals surface area (Å²) in [7, 11) is 0. The van der Waals surface area contributed by atoms with Crippen LogP contribution in [0.5, 0.6) is 0 Å². The molecule has 98 valence electrons. The largest absolute Gasteiger partial charge is 0.352 e. The SMILES string of the molecule is Cc1ccccc1CNC(=O)Cc1ccccc1C. The molecule has 0 atom stereocenters. The van der Waals surface area contributed by atoms with Crippen LogP contribution in [0.3, 0.4) is 0 Å². The summed E-state index contributed by atoms with van der Waals surface area (Å²) in [6.07, 6.45) is 0.443. The van der Waals surface area contributed by atoms with Gasteiger partial charge < -0.3 is 5.32 Å². The Bertz CT molecular complexity index is 575. The summed E-state index contributed by atoms with van der Waals surface area (Å²) >= 11 is 0. The molecule has 2 nitrogen and oxygen atoms in total. The third-order valence-corrected chi connectivity index (χ3v) is 3.35. The molecule has 0 unspecified atom stereocenters. The van der Waals surface area contributed by atoms with Crippen molar-refractivity contribution >= 4 is 5.91 Å². The van der Waals surface area contributed by atoms with Gasteiger partial charge in [0.05, 0.1) is 6.42 Å². The first-order valence-electron chi connectivity index (χ1n) is 6.52. The summed E-state index contributed by atoms with van der Waals surface area (Å²) < 4.78 is 0. The van der Waals surface area contributed by atoms with Crippen molar-refractivity contribution in [1.82, 2.24) is 5.32 Å². The highest BCUT2D eigenvalue weighted by Crippen LogP contribution is 2.09. The Morgan fingerprint density at radius 3 is 2.00 bits per heavy atom. The lowest BCUT2D eigenvalue weighted by atomic mass is 10.1. The van der Waals surface area contributed by atoms with Gasteiger partial charge in [-0.3, -0.25) is 4.79 Å². The fourth-order valence-corrected chi connectivity index (χ4v) is 2.05. The summed E-state index contributed by atoms with van der Waals surface area (Å²) in [5.41, 5.74) is 4.62. The Kier molecular flexibility index (Phi) is 4.35. The molecule has 0 fully saturated rings. The maximum Gasteiger partial charge on any atom is 0.224 e. The second kappa shape index (κ2) is 6.19. The molecule has 0 saturated heterocycles. The summed E-state index contributed by atoms with van der Waals surface area (Å²) in [5.74, 6) is 0.0672. The van der Waals surface area contributed by atoms with E-state index in [1.54, 1.807) is 0 Å². The van der Waals surface area contributed by atoms with Crippen molar-refractivity contribution in [1.29, 1.82) is 0 Å². The van der Waals surface area contributed by atoms with E-state index in [-0.39, 0.29) is 5.91 Å². The van der Waals surface area contributed by atoms with E-state index in [0.29, 0.717) is 13.0 Å². The minimum Gasteiger partial charge on any atom is -0.352 e. The molecule has 0 aliphatic carbocycles. The van der Waals surface area contributed by atoms with Crippen LogP contribution in [0.1, 0.15) is 22.3 Å². The van der Waals surface area contributed by atoms with Gasteiger partial charge in [0.2, 0.25) is 5.91 Å². The first kappa shape index (κ1) is 13.3. The van der Waals surface area contributed by atoms with Crippen LogP contribution in [-0.2, 0) is 17.8 Å². The first-order valence-corrected chi connectivity index (χ1v) is 6.52. The maximum atomic E-state index is 11.9. The number of benzene rings is 2. The molecule has 2 heteroatoms. The summed E-state index contributed by atoms with van der Waals surface area (Å²) in [6, 6.07) is 16.1. The Balaban J connectivity index is 1.92. The third kappa shape index (κ3) is 3.68. The van der Waals surface area contributed by atoms with E-state index in [9.17, 15) is 4.79 Å². The average molecular weight is 253 g/mol. The van der Waals surface area contributed by atoms with Gasteiger partial charge >= 0.3 is 0 Å². The zero-order chi connectivity index (χ0) is 13.7. The molecule has 0 bridgehead atoms. The number of hydrogen-bond donors (Lipinski definition) is 1. The van der Waals surface area contributed by atoms with E-state index in [4.69, 9.17) is 0 Å². The zero-order valence-corrected chi connectivity index (χ0v) is 11.4. The van der Waals surface area contributed by atoms with Crippen molar-refractivity contribution < 1.29 is 4.79 Å². The smallest absolute Gasteiger partial charge is 0.224 e.